The Morgan fingerprint density at radius 2 is 1.41 bits per heavy atom. The molecule has 3 unspecified atom stereocenters. The Labute approximate surface area is 195 Å². The minimum absolute atomic E-state index is 0.0820. The van der Waals surface area contributed by atoms with Crippen molar-refractivity contribution in [2.24, 2.45) is 33.3 Å². The van der Waals surface area contributed by atoms with Crippen LogP contribution in [0.2, 0.25) is 0 Å². The SMILES string of the molecule is CCCOCOC(=O)C(C)(C(C)N)C(C)(C)C(C)(C)C(C)(C(=O)OCCCC#N)C(C)C. The van der Waals surface area contributed by atoms with E-state index in [1.54, 1.807) is 13.8 Å². The molecule has 0 saturated carbocycles. The maximum Gasteiger partial charge on any atom is 0.316 e. The van der Waals surface area contributed by atoms with Gasteiger partial charge in [-0.05, 0) is 50.4 Å². The molecule has 0 aromatic heterocycles. The summed E-state index contributed by atoms with van der Waals surface area (Å²) in [7, 11) is 0. The van der Waals surface area contributed by atoms with Crippen LogP contribution in [-0.4, -0.2) is 38.0 Å². The molecule has 0 bridgehead atoms. The van der Waals surface area contributed by atoms with Gasteiger partial charge in [0.1, 0.15) is 0 Å². The van der Waals surface area contributed by atoms with Gasteiger partial charge in [-0.3, -0.25) is 9.59 Å². The number of rotatable bonds is 14. The zero-order chi connectivity index (χ0) is 25.4. The van der Waals surface area contributed by atoms with Crippen LogP contribution in [0.4, 0.5) is 0 Å². The molecule has 0 aliphatic rings. The van der Waals surface area contributed by atoms with E-state index < -0.39 is 33.7 Å². The molecule has 32 heavy (non-hydrogen) atoms. The summed E-state index contributed by atoms with van der Waals surface area (Å²) < 4.78 is 16.5. The molecule has 3 atom stereocenters. The van der Waals surface area contributed by atoms with Crippen molar-refractivity contribution in [1.29, 1.82) is 5.26 Å². The first-order valence-corrected chi connectivity index (χ1v) is 11.6. The average molecular weight is 455 g/mol. The fourth-order valence-corrected chi connectivity index (χ4v) is 4.44. The van der Waals surface area contributed by atoms with E-state index in [1.165, 1.54) is 0 Å². The third-order valence-electron chi connectivity index (χ3n) is 8.36. The van der Waals surface area contributed by atoms with Crippen LogP contribution in [0, 0.1) is 38.9 Å². The summed E-state index contributed by atoms with van der Waals surface area (Å²) >= 11 is 0. The van der Waals surface area contributed by atoms with Crippen LogP contribution in [0.1, 0.15) is 88.5 Å². The number of hydrogen-bond donors (Lipinski definition) is 1. The number of unbranched alkanes of at least 4 members (excludes halogenated alkanes) is 1. The highest BCUT2D eigenvalue weighted by Gasteiger charge is 2.65. The molecular formula is C25H46N2O5. The van der Waals surface area contributed by atoms with Crippen molar-refractivity contribution >= 4 is 11.9 Å². The number of hydrogen-bond acceptors (Lipinski definition) is 7. The van der Waals surface area contributed by atoms with Gasteiger partial charge in [-0.1, -0.05) is 48.5 Å². The Morgan fingerprint density at radius 3 is 1.84 bits per heavy atom. The van der Waals surface area contributed by atoms with Gasteiger partial charge in [0.15, 0.2) is 6.79 Å². The molecule has 0 spiro atoms. The van der Waals surface area contributed by atoms with Gasteiger partial charge in [0.25, 0.3) is 0 Å². The second kappa shape index (κ2) is 12.0. The molecule has 0 fully saturated rings. The third kappa shape index (κ3) is 5.63. The molecule has 186 valence electrons. The van der Waals surface area contributed by atoms with Gasteiger partial charge in [-0.2, -0.15) is 5.26 Å². The van der Waals surface area contributed by atoms with Crippen LogP contribution in [-0.2, 0) is 23.8 Å². The maximum atomic E-state index is 13.4. The molecule has 2 N–H and O–H groups in total. The highest BCUT2D eigenvalue weighted by molar-refractivity contribution is 5.81. The van der Waals surface area contributed by atoms with Gasteiger partial charge >= 0.3 is 11.9 Å². The first kappa shape index (κ1) is 30.4. The topological polar surface area (TPSA) is 112 Å². The van der Waals surface area contributed by atoms with Gasteiger partial charge < -0.3 is 19.9 Å². The fraction of sp³-hybridized carbons (Fsp3) is 0.880. The minimum Gasteiger partial charge on any atom is -0.465 e. The zero-order valence-electron chi connectivity index (χ0n) is 22.0. The fourth-order valence-electron chi connectivity index (χ4n) is 4.44. The lowest BCUT2D eigenvalue weighted by atomic mass is 9.43. The standard InChI is InChI=1S/C25H46N2O5/c1-11-15-30-17-32-21(29)25(10,19(4)27)23(7,8)22(5,6)24(9,18(2)3)20(28)31-16-13-12-14-26/h18-19H,11-13,15-17,27H2,1-10H3. The Morgan fingerprint density at radius 1 is 0.906 bits per heavy atom. The van der Waals surface area contributed by atoms with Crippen molar-refractivity contribution in [2.75, 3.05) is 20.0 Å². The van der Waals surface area contributed by atoms with Gasteiger partial charge in [0.05, 0.1) is 30.1 Å². The summed E-state index contributed by atoms with van der Waals surface area (Å²) in [6.07, 6.45) is 1.64. The Balaban J connectivity index is 6.20. The second-order valence-electron chi connectivity index (χ2n) is 10.5. The van der Waals surface area contributed by atoms with Crippen molar-refractivity contribution in [3.8, 4) is 6.07 Å². The van der Waals surface area contributed by atoms with Crippen LogP contribution >= 0.6 is 0 Å². The van der Waals surface area contributed by atoms with Crippen LogP contribution in [0.15, 0.2) is 0 Å². The second-order valence-corrected chi connectivity index (χ2v) is 10.5. The number of carbonyl (C=O) groups excluding carboxylic acids is 2. The summed E-state index contributed by atoms with van der Waals surface area (Å²) in [5.74, 6) is -0.869. The Hall–Kier alpha value is -1.65. The van der Waals surface area contributed by atoms with Gasteiger partial charge in [0, 0.05) is 12.5 Å². The van der Waals surface area contributed by atoms with E-state index in [0.717, 1.165) is 6.42 Å². The molecule has 0 aliphatic heterocycles. The van der Waals surface area contributed by atoms with Crippen molar-refractivity contribution in [1.82, 2.24) is 0 Å². The van der Waals surface area contributed by atoms with E-state index in [0.29, 0.717) is 19.4 Å². The van der Waals surface area contributed by atoms with Crippen molar-refractivity contribution in [2.45, 2.75) is 94.5 Å². The number of ether oxygens (including phenoxy) is 3. The first-order valence-electron chi connectivity index (χ1n) is 11.6. The Bertz CT molecular complexity index is 666. The highest BCUT2D eigenvalue weighted by Crippen LogP contribution is 2.62. The summed E-state index contributed by atoms with van der Waals surface area (Å²) in [4.78, 5) is 26.7. The largest absolute Gasteiger partial charge is 0.465 e. The number of nitriles is 1. The molecule has 0 aliphatic carbocycles. The van der Waals surface area contributed by atoms with E-state index in [9.17, 15) is 9.59 Å². The molecule has 0 aromatic rings. The van der Waals surface area contributed by atoms with Crippen LogP contribution in [0.3, 0.4) is 0 Å². The van der Waals surface area contributed by atoms with E-state index in [1.807, 2.05) is 55.4 Å². The quantitative estimate of drug-likeness (QED) is 0.227. The van der Waals surface area contributed by atoms with E-state index in [4.69, 9.17) is 25.2 Å². The lowest BCUT2D eigenvalue weighted by molar-refractivity contribution is -0.203. The van der Waals surface area contributed by atoms with E-state index >= 15 is 0 Å². The lowest BCUT2D eigenvalue weighted by Gasteiger charge is -2.60. The summed E-state index contributed by atoms with van der Waals surface area (Å²) in [5.41, 5.74) is 2.86. The molecule has 0 saturated heterocycles. The number of nitrogens with zero attached hydrogens (tertiary/aromatic N) is 1. The molecule has 0 radical (unpaired) electrons. The monoisotopic (exact) mass is 454 g/mol. The molecule has 7 nitrogen and oxygen atoms in total. The summed E-state index contributed by atoms with van der Waals surface area (Å²) in [6, 6.07) is 1.52. The summed E-state index contributed by atoms with van der Waals surface area (Å²) in [5, 5.41) is 8.75. The highest BCUT2D eigenvalue weighted by atomic mass is 16.7. The van der Waals surface area contributed by atoms with E-state index in [2.05, 4.69) is 6.07 Å². The Kier molecular flexibility index (Phi) is 11.4. The maximum absolute atomic E-state index is 13.4. The van der Waals surface area contributed by atoms with Crippen LogP contribution in [0.25, 0.3) is 0 Å². The van der Waals surface area contributed by atoms with Crippen LogP contribution in [0.5, 0.6) is 0 Å². The average Bonchev–Trinajstić information content (AvgIpc) is 2.71. The molecule has 0 rings (SSSR count). The smallest absolute Gasteiger partial charge is 0.316 e. The van der Waals surface area contributed by atoms with Crippen molar-refractivity contribution in [3.05, 3.63) is 0 Å². The molecule has 0 aromatic carbocycles. The number of esters is 2. The predicted molar refractivity (Wildman–Crippen MR) is 125 cm³/mol. The minimum atomic E-state index is -1.11. The number of nitrogens with two attached hydrogens (primary N) is 1. The van der Waals surface area contributed by atoms with Gasteiger partial charge in [0.2, 0.25) is 0 Å². The third-order valence-corrected chi connectivity index (χ3v) is 8.36. The lowest BCUT2D eigenvalue weighted by Crippen LogP contribution is -2.64. The molecule has 7 heteroatoms. The number of carbonyl (C=O) groups is 2. The predicted octanol–water partition coefficient (Wildman–Crippen LogP) is 4.83. The van der Waals surface area contributed by atoms with Gasteiger partial charge in [-0.25, -0.2) is 0 Å². The molecule has 0 heterocycles. The van der Waals surface area contributed by atoms with E-state index in [-0.39, 0.29) is 25.3 Å². The normalized spacial score (nSPS) is 17.1. The van der Waals surface area contributed by atoms with Crippen molar-refractivity contribution in [3.63, 3.8) is 0 Å². The van der Waals surface area contributed by atoms with Crippen molar-refractivity contribution < 1.29 is 23.8 Å². The zero-order valence-corrected chi connectivity index (χ0v) is 22.0. The van der Waals surface area contributed by atoms with Gasteiger partial charge in [-0.15, -0.1) is 0 Å². The molecular weight excluding hydrogens is 408 g/mol. The first-order chi connectivity index (χ1) is 14.6. The summed E-state index contributed by atoms with van der Waals surface area (Å²) in [6.45, 7) is 19.9. The van der Waals surface area contributed by atoms with Crippen LogP contribution < -0.4 is 5.73 Å². The molecule has 0 amide bonds.